The van der Waals surface area contributed by atoms with E-state index in [0.717, 1.165) is 18.9 Å². The second-order valence-corrected chi connectivity index (χ2v) is 2.40. The molecule has 1 fully saturated rings. The average Bonchev–Trinajstić information content (AvgIpc) is 2.19. The van der Waals surface area contributed by atoms with Crippen molar-refractivity contribution in [2.24, 2.45) is 5.92 Å². The zero-order valence-corrected chi connectivity index (χ0v) is 5.11. The minimum atomic E-state index is 0.604. The zero-order valence-electron chi connectivity index (χ0n) is 5.11. The molecule has 1 aliphatic rings. The summed E-state index contributed by atoms with van der Waals surface area (Å²) in [4.78, 5) is 0. The van der Waals surface area contributed by atoms with Crippen molar-refractivity contribution >= 4 is 0 Å². The molecule has 0 aromatic heterocycles. The third kappa shape index (κ3) is 1.46. The normalized spacial score (nSPS) is 28.9. The molecular weight excluding hydrogens is 100 g/mol. The van der Waals surface area contributed by atoms with Crippen molar-refractivity contribution in [2.75, 3.05) is 19.6 Å². The van der Waals surface area contributed by atoms with E-state index in [0.29, 0.717) is 6.54 Å². The zero-order chi connectivity index (χ0) is 5.82. The number of nitrogens with one attached hydrogen (secondary N) is 2. The summed E-state index contributed by atoms with van der Waals surface area (Å²) in [5.74, 6) is 0.812. The van der Waals surface area contributed by atoms with Crippen LogP contribution < -0.4 is 11.1 Å². The van der Waals surface area contributed by atoms with Crippen LogP contribution in [0.25, 0.3) is 0 Å². The lowest BCUT2D eigenvalue weighted by molar-refractivity contribution is 0.537. The van der Waals surface area contributed by atoms with Crippen molar-refractivity contribution in [3.05, 3.63) is 0 Å². The van der Waals surface area contributed by atoms with Crippen LogP contribution in [0.2, 0.25) is 0 Å². The highest BCUT2D eigenvalue weighted by atomic mass is 14.9. The molecule has 0 aliphatic carbocycles. The lowest BCUT2D eigenvalue weighted by Gasteiger charge is -2.02. The average molecular weight is 113 g/mol. The standard InChI is InChI=1S/C6H13N2/c7-3-1-6-2-4-8-5-6/h6-8H,1-5H2. The Balaban J connectivity index is 2.06. The lowest BCUT2D eigenvalue weighted by atomic mass is 10.1. The van der Waals surface area contributed by atoms with Crippen molar-refractivity contribution in [1.82, 2.24) is 11.1 Å². The SMILES string of the molecule is [NH]CCC1CCNC1. The topological polar surface area (TPSA) is 35.8 Å². The first-order valence-corrected chi connectivity index (χ1v) is 3.29. The summed E-state index contributed by atoms with van der Waals surface area (Å²) >= 11 is 0. The third-order valence-corrected chi connectivity index (χ3v) is 1.71. The van der Waals surface area contributed by atoms with Gasteiger partial charge in [-0.25, -0.2) is 0 Å². The predicted octanol–water partition coefficient (Wildman–Crippen LogP) is 0.269. The van der Waals surface area contributed by atoms with Crippen molar-refractivity contribution in [2.45, 2.75) is 12.8 Å². The summed E-state index contributed by atoms with van der Waals surface area (Å²) in [6.45, 7) is 2.93. The van der Waals surface area contributed by atoms with Crippen LogP contribution in [0.5, 0.6) is 0 Å². The summed E-state index contributed by atoms with van der Waals surface area (Å²) in [7, 11) is 0. The monoisotopic (exact) mass is 113 g/mol. The quantitative estimate of drug-likeness (QED) is 0.548. The van der Waals surface area contributed by atoms with Crippen LogP contribution in [0.3, 0.4) is 0 Å². The molecule has 2 N–H and O–H groups in total. The molecule has 0 saturated carbocycles. The molecule has 0 amide bonds. The van der Waals surface area contributed by atoms with Crippen LogP contribution in [0.1, 0.15) is 12.8 Å². The van der Waals surface area contributed by atoms with E-state index in [1.807, 2.05) is 0 Å². The van der Waals surface area contributed by atoms with Crippen molar-refractivity contribution in [3.8, 4) is 0 Å². The van der Waals surface area contributed by atoms with Crippen molar-refractivity contribution in [3.63, 3.8) is 0 Å². The first kappa shape index (κ1) is 6.05. The van der Waals surface area contributed by atoms with Gasteiger partial charge in [0.05, 0.1) is 0 Å². The number of rotatable bonds is 2. The van der Waals surface area contributed by atoms with Crippen LogP contribution in [0.15, 0.2) is 0 Å². The Morgan fingerprint density at radius 3 is 3.00 bits per heavy atom. The van der Waals surface area contributed by atoms with E-state index in [-0.39, 0.29) is 0 Å². The van der Waals surface area contributed by atoms with Gasteiger partial charge >= 0.3 is 0 Å². The molecule has 1 saturated heterocycles. The van der Waals surface area contributed by atoms with E-state index in [9.17, 15) is 0 Å². The van der Waals surface area contributed by atoms with Gasteiger partial charge in [0.15, 0.2) is 0 Å². The van der Waals surface area contributed by atoms with Crippen LogP contribution in [-0.4, -0.2) is 19.6 Å². The van der Waals surface area contributed by atoms with Crippen molar-refractivity contribution < 1.29 is 0 Å². The van der Waals surface area contributed by atoms with Crippen LogP contribution in [-0.2, 0) is 0 Å². The van der Waals surface area contributed by atoms with Gasteiger partial charge in [0.25, 0.3) is 0 Å². The highest BCUT2D eigenvalue weighted by Gasteiger charge is 2.12. The summed E-state index contributed by atoms with van der Waals surface area (Å²) < 4.78 is 0. The van der Waals surface area contributed by atoms with Gasteiger partial charge < -0.3 is 5.32 Å². The third-order valence-electron chi connectivity index (χ3n) is 1.71. The van der Waals surface area contributed by atoms with Gasteiger partial charge in [-0.3, -0.25) is 5.73 Å². The molecule has 47 valence electrons. The summed E-state index contributed by atoms with van der Waals surface area (Å²) in [5, 5.41) is 3.27. The second-order valence-electron chi connectivity index (χ2n) is 2.40. The molecule has 1 unspecified atom stereocenters. The molecule has 0 spiro atoms. The molecule has 2 nitrogen and oxygen atoms in total. The number of hydrogen-bond acceptors (Lipinski definition) is 1. The lowest BCUT2D eigenvalue weighted by Crippen LogP contribution is -2.09. The fourth-order valence-electron chi connectivity index (χ4n) is 1.16. The molecule has 1 heterocycles. The molecule has 0 aromatic carbocycles. The van der Waals surface area contributed by atoms with Gasteiger partial charge in [-0.2, -0.15) is 0 Å². The molecule has 1 rings (SSSR count). The Hall–Kier alpha value is -0.0800. The Morgan fingerprint density at radius 2 is 2.50 bits per heavy atom. The Bertz CT molecular complexity index is 57.5. The van der Waals surface area contributed by atoms with Crippen molar-refractivity contribution in [1.29, 1.82) is 0 Å². The van der Waals surface area contributed by atoms with Gasteiger partial charge in [-0.05, 0) is 31.8 Å². The summed E-state index contributed by atoms with van der Waals surface area (Å²) in [6, 6.07) is 0. The Morgan fingerprint density at radius 1 is 1.62 bits per heavy atom. The fraction of sp³-hybridized carbons (Fsp3) is 1.00. The first-order valence-electron chi connectivity index (χ1n) is 3.29. The van der Waals surface area contributed by atoms with E-state index >= 15 is 0 Å². The maximum atomic E-state index is 6.94. The molecule has 0 bridgehead atoms. The Labute approximate surface area is 50.4 Å². The van der Waals surface area contributed by atoms with Crippen LogP contribution >= 0.6 is 0 Å². The number of hydrogen-bond donors (Lipinski definition) is 1. The maximum absolute atomic E-state index is 6.94. The molecule has 1 aliphatic heterocycles. The second kappa shape index (κ2) is 3.05. The van der Waals surface area contributed by atoms with Gasteiger partial charge in [-0.1, -0.05) is 0 Å². The largest absolute Gasteiger partial charge is 0.316 e. The summed E-state index contributed by atoms with van der Waals surface area (Å²) in [6.07, 6.45) is 2.38. The van der Waals surface area contributed by atoms with Crippen LogP contribution in [0.4, 0.5) is 0 Å². The molecule has 1 radical (unpaired) electrons. The van der Waals surface area contributed by atoms with Gasteiger partial charge in [0.2, 0.25) is 0 Å². The van der Waals surface area contributed by atoms with E-state index in [4.69, 9.17) is 5.73 Å². The van der Waals surface area contributed by atoms with Crippen LogP contribution in [0, 0.1) is 5.92 Å². The fourth-order valence-corrected chi connectivity index (χ4v) is 1.16. The Kier molecular flexibility index (Phi) is 2.30. The van der Waals surface area contributed by atoms with E-state index in [1.54, 1.807) is 0 Å². The van der Waals surface area contributed by atoms with Gasteiger partial charge in [0.1, 0.15) is 0 Å². The van der Waals surface area contributed by atoms with E-state index in [1.165, 1.54) is 13.0 Å². The molecular formula is C6H13N2. The minimum Gasteiger partial charge on any atom is -0.316 e. The van der Waals surface area contributed by atoms with E-state index in [2.05, 4.69) is 5.32 Å². The van der Waals surface area contributed by atoms with Gasteiger partial charge in [0, 0.05) is 6.54 Å². The maximum Gasteiger partial charge on any atom is 0.0103 e. The molecule has 1 atom stereocenters. The summed E-state index contributed by atoms with van der Waals surface area (Å²) in [5.41, 5.74) is 6.94. The highest BCUT2D eigenvalue weighted by molar-refractivity contribution is 4.70. The smallest absolute Gasteiger partial charge is 0.0103 e. The molecule has 2 heteroatoms. The predicted molar refractivity (Wildman–Crippen MR) is 33.6 cm³/mol. The van der Waals surface area contributed by atoms with Gasteiger partial charge in [-0.15, -0.1) is 0 Å². The minimum absolute atomic E-state index is 0.604. The van der Waals surface area contributed by atoms with E-state index < -0.39 is 0 Å². The highest BCUT2D eigenvalue weighted by Crippen LogP contribution is 2.09. The molecule has 0 aromatic rings. The first-order chi connectivity index (χ1) is 3.93. The molecule has 8 heavy (non-hydrogen) atoms.